The van der Waals surface area contributed by atoms with Crippen molar-refractivity contribution in [1.29, 1.82) is 0 Å². The summed E-state index contributed by atoms with van der Waals surface area (Å²) in [4.78, 5) is 15.1. The van der Waals surface area contributed by atoms with E-state index >= 15 is 0 Å². The number of carbonyl (C=O) groups is 1. The van der Waals surface area contributed by atoms with E-state index in [1.807, 2.05) is 18.2 Å². The van der Waals surface area contributed by atoms with Gasteiger partial charge in [-0.15, -0.1) is 0 Å². The number of likely N-dealkylation sites (N-methyl/N-ethyl adjacent to an activating group) is 2. The lowest BCUT2D eigenvalue weighted by molar-refractivity contribution is -0.131. The van der Waals surface area contributed by atoms with Crippen molar-refractivity contribution < 1.29 is 47.8 Å². The van der Waals surface area contributed by atoms with Gasteiger partial charge in [0.05, 0.1) is 42.7 Å². The maximum atomic E-state index is 10.3. The van der Waals surface area contributed by atoms with Gasteiger partial charge in [-0.2, -0.15) is 0 Å². The minimum absolute atomic E-state index is 0.000437. The zero-order valence-corrected chi connectivity index (χ0v) is 36.1. The van der Waals surface area contributed by atoms with E-state index in [2.05, 4.69) is 66.4 Å². The molecule has 0 spiro atoms. The lowest BCUT2D eigenvalue weighted by atomic mass is 9.87. The summed E-state index contributed by atoms with van der Waals surface area (Å²) in [7, 11) is 14.2. The summed E-state index contributed by atoms with van der Waals surface area (Å²) in [6.07, 6.45) is 5.93. The maximum Gasteiger partial charge on any atom is 0.328 e. The maximum absolute atomic E-state index is 10.3. The normalized spacial score (nSPS) is 17.0. The number of hydrogen-bond donors (Lipinski definition) is 1. The number of fused-ring (bicyclic) bond motifs is 2. The van der Waals surface area contributed by atoms with Crippen LogP contribution in [0.4, 0.5) is 0 Å². The van der Waals surface area contributed by atoms with Crippen LogP contribution >= 0.6 is 0 Å². The van der Waals surface area contributed by atoms with Crippen LogP contribution in [-0.2, 0) is 30.5 Å². The minimum atomic E-state index is -0.982. The zero-order chi connectivity index (χ0) is 43.2. The molecule has 0 saturated heterocycles. The Morgan fingerprint density at radius 3 is 1.90 bits per heavy atom. The number of carboxylic acids is 1. The van der Waals surface area contributed by atoms with Crippen LogP contribution in [0.2, 0.25) is 0 Å². The van der Waals surface area contributed by atoms with E-state index in [9.17, 15) is 4.79 Å². The third kappa shape index (κ3) is 9.20. The van der Waals surface area contributed by atoms with Gasteiger partial charge in [-0.05, 0) is 134 Å². The molecule has 4 aliphatic rings. The Morgan fingerprint density at radius 1 is 0.623 bits per heavy atom. The molecule has 2 unspecified atom stereocenters. The van der Waals surface area contributed by atoms with Gasteiger partial charge >= 0.3 is 5.97 Å². The van der Waals surface area contributed by atoms with Crippen LogP contribution in [0.15, 0.2) is 84.9 Å². The fraction of sp³-hybridized carbons (Fsp3) is 0.327. The van der Waals surface area contributed by atoms with E-state index in [1.165, 1.54) is 35.4 Å². The van der Waals surface area contributed by atoms with Crippen molar-refractivity contribution in [1.82, 2.24) is 9.80 Å². The molecule has 0 radical (unpaired) electrons. The Balaban J connectivity index is 0.000000318. The fourth-order valence-corrected chi connectivity index (χ4v) is 8.40. The SMILES string of the molecule is COc1ccc(C=CC(=O)O)cc1OC.COc1ccc2cc1Oc1ccc(cc1)CC1c3cc(c(OC)cc3CCN1C)Oc1c(OC)c(OC)cc3c1C(C2)N(C)CC3. The van der Waals surface area contributed by atoms with Crippen LogP contribution in [0.1, 0.15) is 51.0 Å². The van der Waals surface area contributed by atoms with Crippen molar-refractivity contribution in [3.63, 3.8) is 0 Å². The summed E-state index contributed by atoms with van der Waals surface area (Å²) < 4.78 is 47.2. The van der Waals surface area contributed by atoms with Gasteiger partial charge in [-0.1, -0.05) is 24.3 Å². The summed E-state index contributed by atoms with van der Waals surface area (Å²) >= 11 is 0. The highest BCUT2D eigenvalue weighted by Gasteiger charge is 2.35. The number of nitrogens with zero attached hydrogens (tertiary/aromatic N) is 2. The minimum Gasteiger partial charge on any atom is -0.493 e. The summed E-state index contributed by atoms with van der Waals surface area (Å²) in [6.45, 7) is 1.86. The highest BCUT2D eigenvalue weighted by atomic mass is 16.5. The zero-order valence-electron chi connectivity index (χ0n) is 36.1. The van der Waals surface area contributed by atoms with Crippen molar-refractivity contribution in [2.24, 2.45) is 0 Å². The van der Waals surface area contributed by atoms with Gasteiger partial charge in [0.2, 0.25) is 5.75 Å². The largest absolute Gasteiger partial charge is 0.493 e. The molecule has 0 fully saturated rings. The van der Waals surface area contributed by atoms with Crippen LogP contribution in [0.5, 0.6) is 57.5 Å². The number of hydrogen-bond acceptors (Lipinski definition) is 11. The molecule has 5 aromatic rings. The van der Waals surface area contributed by atoms with Crippen molar-refractivity contribution in [3.05, 3.63) is 124 Å². The molecule has 1 N–H and O–H groups in total. The summed E-state index contributed by atoms with van der Waals surface area (Å²) in [5.41, 5.74) is 7.90. The van der Waals surface area contributed by atoms with Crippen LogP contribution < -0.4 is 37.9 Å². The molecule has 0 aromatic heterocycles. The van der Waals surface area contributed by atoms with Crippen LogP contribution in [0.25, 0.3) is 6.08 Å². The number of methoxy groups -OCH3 is 6. The summed E-state index contributed by atoms with van der Waals surface area (Å²) in [5, 5.41) is 8.46. The predicted molar refractivity (Wildman–Crippen MR) is 234 cm³/mol. The van der Waals surface area contributed by atoms with Gasteiger partial charge < -0.3 is 43.0 Å². The molecular formula is C49H54N2O10. The van der Waals surface area contributed by atoms with Gasteiger partial charge in [0.1, 0.15) is 5.75 Å². The van der Waals surface area contributed by atoms with Crippen molar-refractivity contribution in [2.45, 2.75) is 37.8 Å². The average molecular weight is 831 g/mol. The quantitative estimate of drug-likeness (QED) is 0.151. The monoisotopic (exact) mass is 830 g/mol. The fourth-order valence-electron chi connectivity index (χ4n) is 8.40. The lowest BCUT2D eigenvalue weighted by Crippen LogP contribution is -2.34. The number of benzene rings is 5. The first kappa shape index (κ1) is 42.7. The third-order valence-electron chi connectivity index (χ3n) is 11.7. The molecule has 0 amide bonds. The number of aliphatic carboxylic acids is 1. The van der Waals surface area contributed by atoms with Gasteiger partial charge in [0.15, 0.2) is 46.0 Å². The molecular weight excluding hydrogens is 777 g/mol. The summed E-state index contributed by atoms with van der Waals surface area (Å²) in [6, 6.07) is 26.4. The highest BCUT2D eigenvalue weighted by Crippen LogP contribution is 2.52. The Bertz CT molecular complexity index is 2400. The lowest BCUT2D eigenvalue weighted by Gasteiger charge is -2.37. The molecule has 61 heavy (non-hydrogen) atoms. The van der Waals surface area contributed by atoms with E-state index in [0.717, 1.165) is 67.3 Å². The molecule has 4 heterocycles. The van der Waals surface area contributed by atoms with Crippen molar-refractivity contribution >= 4 is 12.0 Å². The first-order valence-electron chi connectivity index (χ1n) is 20.2. The van der Waals surface area contributed by atoms with Crippen molar-refractivity contribution in [3.8, 4) is 57.5 Å². The second kappa shape index (κ2) is 18.9. The second-order valence-corrected chi connectivity index (χ2v) is 15.2. The van der Waals surface area contributed by atoms with Gasteiger partial charge in [-0.3, -0.25) is 9.80 Å². The Kier molecular flexibility index (Phi) is 13.3. The standard InChI is InChI=1S/C38H42N2O6.C11H12O4/c1-39-15-13-25-20-32(42-4)34-22-28(25)29(39)17-23-7-10-27(11-8-23)45-33-19-24(9-12-31(33)41-3)18-30-36-26(14-16-40(30)2)21-35(43-5)37(44-6)38(36)46-34;1-14-9-5-3-8(4-6-11(12)13)7-10(9)15-2/h7-12,19-22,29-30H,13-18H2,1-6H3;3-7H,1-2H3,(H,12,13). The summed E-state index contributed by atoms with van der Waals surface area (Å²) in [5.74, 6) is 5.62. The van der Waals surface area contributed by atoms with E-state index < -0.39 is 5.97 Å². The predicted octanol–water partition coefficient (Wildman–Crippen LogP) is 8.96. The van der Waals surface area contributed by atoms with Crippen LogP contribution in [0.3, 0.4) is 0 Å². The number of rotatable bonds is 8. The number of ether oxygens (including phenoxy) is 8. The van der Waals surface area contributed by atoms with E-state index in [4.69, 9.17) is 43.0 Å². The highest BCUT2D eigenvalue weighted by molar-refractivity contribution is 5.85. The molecule has 320 valence electrons. The van der Waals surface area contributed by atoms with Gasteiger partial charge in [0, 0.05) is 36.8 Å². The second-order valence-electron chi connectivity index (χ2n) is 15.2. The molecule has 5 aromatic carbocycles. The Labute approximate surface area is 357 Å². The topological polar surface area (TPSA) is 118 Å². The molecule has 0 aliphatic carbocycles. The molecule has 6 bridgehead atoms. The van der Waals surface area contributed by atoms with Crippen LogP contribution in [-0.4, -0.2) is 90.7 Å². The third-order valence-corrected chi connectivity index (χ3v) is 11.7. The number of carboxylic acid groups (broad SMARTS) is 1. The van der Waals surface area contributed by atoms with Crippen molar-refractivity contribution in [2.75, 3.05) is 69.8 Å². The Hall–Kier alpha value is -6.37. The Morgan fingerprint density at radius 2 is 1.23 bits per heavy atom. The van der Waals surface area contributed by atoms with Gasteiger partial charge in [-0.25, -0.2) is 4.79 Å². The first-order valence-corrected chi connectivity index (χ1v) is 20.2. The molecule has 12 heteroatoms. The van der Waals surface area contributed by atoms with E-state index in [0.29, 0.717) is 51.7 Å². The van der Waals surface area contributed by atoms with E-state index in [-0.39, 0.29) is 12.1 Å². The molecule has 4 aliphatic heterocycles. The van der Waals surface area contributed by atoms with Crippen LogP contribution in [0, 0.1) is 0 Å². The molecule has 2 atom stereocenters. The molecule has 0 saturated carbocycles. The van der Waals surface area contributed by atoms with Gasteiger partial charge in [0.25, 0.3) is 0 Å². The first-order chi connectivity index (χ1) is 29.6. The smallest absolute Gasteiger partial charge is 0.328 e. The average Bonchev–Trinajstić information content (AvgIpc) is 3.27. The van der Waals surface area contributed by atoms with E-state index in [1.54, 1.807) is 53.7 Å². The molecule has 9 rings (SSSR count). The molecule has 12 nitrogen and oxygen atoms in total.